The number of nitrogens with zero attached hydrogens (tertiary/aromatic N) is 1. The Balaban J connectivity index is 1.94. The fourth-order valence-corrected chi connectivity index (χ4v) is 4.63. The van der Waals surface area contributed by atoms with Crippen molar-refractivity contribution >= 4 is 27.8 Å². The summed E-state index contributed by atoms with van der Waals surface area (Å²) < 4.78 is 41.9. The van der Waals surface area contributed by atoms with Crippen LogP contribution in [0.2, 0.25) is 0 Å². The summed E-state index contributed by atoms with van der Waals surface area (Å²) in [5.74, 6) is -1.53. The number of esters is 1. The van der Waals surface area contributed by atoms with E-state index in [0.29, 0.717) is 13.0 Å². The van der Waals surface area contributed by atoms with Gasteiger partial charge in [-0.2, -0.15) is 0 Å². The number of sulfone groups is 1. The van der Waals surface area contributed by atoms with Crippen molar-refractivity contribution in [1.82, 2.24) is 4.90 Å². The van der Waals surface area contributed by atoms with E-state index in [4.69, 9.17) is 4.74 Å². The van der Waals surface area contributed by atoms with E-state index in [9.17, 15) is 22.4 Å². The first-order valence-corrected chi connectivity index (χ1v) is 10.6. The average Bonchev–Trinajstić information content (AvgIpc) is 2.96. The zero-order valence-corrected chi connectivity index (χ0v) is 16.2. The van der Waals surface area contributed by atoms with E-state index < -0.39 is 40.2 Å². The Bertz CT molecular complexity index is 819. The summed E-state index contributed by atoms with van der Waals surface area (Å²) in [4.78, 5) is 25.8. The minimum Gasteiger partial charge on any atom is -0.452 e. The molecular formula is C19H24FNO5S. The number of carbonyl (C=O) groups excluding carboxylic acids is 2. The van der Waals surface area contributed by atoms with Crippen LogP contribution in [0.4, 0.5) is 4.39 Å². The van der Waals surface area contributed by atoms with Crippen LogP contribution < -0.4 is 0 Å². The van der Waals surface area contributed by atoms with Gasteiger partial charge in [0.05, 0.1) is 11.5 Å². The number of benzene rings is 1. The summed E-state index contributed by atoms with van der Waals surface area (Å²) in [6, 6.07) is 5.56. The van der Waals surface area contributed by atoms with E-state index in [2.05, 4.69) is 0 Å². The van der Waals surface area contributed by atoms with Gasteiger partial charge in [0, 0.05) is 24.2 Å². The third kappa shape index (κ3) is 6.46. The number of hydrogen-bond donors (Lipinski definition) is 0. The van der Waals surface area contributed by atoms with Crippen LogP contribution in [-0.4, -0.2) is 55.9 Å². The molecule has 0 bridgehead atoms. The summed E-state index contributed by atoms with van der Waals surface area (Å²) in [7, 11) is -3.13. The van der Waals surface area contributed by atoms with Gasteiger partial charge in [-0.15, -0.1) is 0 Å². The van der Waals surface area contributed by atoms with Gasteiger partial charge in [0.1, 0.15) is 5.82 Å². The van der Waals surface area contributed by atoms with Crippen LogP contribution in [0, 0.1) is 11.7 Å². The van der Waals surface area contributed by atoms with Crippen LogP contribution in [0.5, 0.6) is 0 Å². The van der Waals surface area contributed by atoms with Gasteiger partial charge in [0.2, 0.25) is 0 Å². The monoisotopic (exact) mass is 397 g/mol. The summed E-state index contributed by atoms with van der Waals surface area (Å²) in [6.45, 7) is 3.76. The molecule has 1 aromatic carbocycles. The lowest BCUT2D eigenvalue weighted by Crippen LogP contribution is -2.45. The smallest absolute Gasteiger partial charge is 0.331 e. The highest BCUT2D eigenvalue weighted by molar-refractivity contribution is 7.91. The van der Waals surface area contributed by atoms with E-state index in [0.717, 1.165) is 6.08 Å². The normalized spacial score (nSPS) is 18.7. The predicted molar refractivity (Wildman–Crippen MR) is 100 cm³/mol. The van der Waals surface area contributed by atoms with Crippen LogP contribution >= 0.6 is 0 Å². The van der Waals surface area contributed by atoms with E-state index in [-0.39, 0.29) is 23.0 Å². The minimum atomic E-state index is -3.13. The molecule has 0 aromatic heterocycles. The molecule has 1 atom stereocenters. The summed E-state index contributed by atoms with van der Waals surface area (Å²) in [6.07, 6.45) is 2.72. The Hall–Kier alpha value is -2.22. The van der Waals surface area contributed by atoms with Crippen LogP contribution in [0.25, 0.3) is 6.08 Å². The zero-order chi connectivity index (χ0) is 20.0. The topological polar surface area (TPSA) is 80.8 Å². The first-order chi connectivity index (χ1) is 12.7. The number of ether oxygens (including phenoxy) is 1. The average molecular weight is 397 g/mol. The molecule has 1 aliphatic rings. The predicted octanol–water partition coefficient (Wildman–Crippen LogP) is 2.05. The molecule has 0 N–H and O–H groups in total. The van der Waals surface area contributed by atoms with Gasteiger partial charge in [-0.1, -0.05) is 32.0 Å². The second-order valence-corrected chi connectivity index (χ2v) is 9.19. The lowest BCUT2D eigenvalue weighted by Gasteiger charge is -2.29. The minimum absolute atomic E-state index is 0.0602. The van der Waals surface area contributed by atoms with Gasteiger partial charge in [-0.05, 0) is 24.5 Å². The Kier molecular flexibility index (Phi) is 7.12. The van der Waals surface area contributed by atoms with Gasteiger partial charge in [0.25, 0.3) is 5.91 Å². The first kappa shape index (κ1) is 21.1. The maximum Gasteiger partial charge on any atom is 0.331 e. The van der Waals surface area contributed by atoms with Crippen molar-refractivity contribution in [3.8, 4) is 0 Å². The molecule has 0 radical (unpaired) electrons. The Morgan fingerprint density at radius 3 is 2.63 bits per heavy atom. The molecule has 0 saturated carbocycles. The highest BCUT2D eigenvalue weighted by atomic mass is 32.2. The lowest BCUT2D eigenvalue weighted by molar-refractivity contribution is -0.149. The second-order valence-electron chi connectivity index (χ2n) is 6.96. The Morgan fingerprint density at radius 1 is 1.33 bits per heavy atom. The van der Waals surface area contributed by atoms with E-state index in [1.165, 1.54) is 29.2 Å². The molecule has 1 saturated heterocycles. The summed E-state index contributed by atoms with van der Waals surface area (Å²) in [5, 5.41) is 0. The fourth-order valence-electron chi connectivity index (χ4n) is 2.90. The quantitative estimate of drug-likeness (QED) is 0.520. The zero-order valence-electron chi connectivity index (χ0n) is 15.4. The molecular weight excluding hydrogens is 373 g/mol. The highest BCUT2D eigenvalue weighted by Crippen LogP contribution is 2.19. The fraction of sp³-hybridized carbons (Fsp3) is 0.474. The number of halogens is 1. The van der Waals surface area contributed by atoms with Crippen molar-refractivity contribution in [2.45, 2.75) is 26.3 Å². The maximum atomic E-state index is 13.5. The molecule has 0 spiro atoms. The molecule has 0 unspecified atom stereocenters. The van der Waals surface area contributed by atoms with Crippen molar-refractivity contribution in [1.29, 1.82) is 0 Å². The van der Waals surface area contributed by atoms with Gasteiger partial charge in [-0.25, -0.2) is 17.6 Å². The molecule has 1 fully saturated rings. The number of carbonyl (C=O) groups is 2. The Morgan fingerprint density at radius 2 is 2.04 bits per heavy atom. The van der Waals surface area contributed by atoms with Crippen LogP contribution in [-0.2, 0) is 24.2 Å². The van der Waals surface area contributed by atoms with Gasteiger partial charge >= 0.3 is 5.97 Å². The summed E-state index contributed by atoms with van der Waals surface area (Å²) in [5.41, 5.74) is 0.235. The summed E-state index contributed by atoms with van der Waals surface area (Å²) >= 11 is 0. The van der Waals surface area contributed by atoms with Crippen molar-refractivity contribution in [2.75, 3.05) is 24.7 Å². The molecule has 6 nitrogen and oxygen atoms in total. The number of hydrogen-bond acceptors (Lipinski definition) is 5. The molecule has 1 amide bonds. The van der Waals surface area contributed by atoms with Crippen molar-refractivity contribution < 1.29 is 27.1 Å². The van der Waals surface area contributed by atoms with E-state index >= 15 is 0 Å². The van der Waals surface area contributed by atoms with Crippen molar-refractivity contribution in [3.05, 3.63) is 41.7 Å². The first-order valence-electron chi connectivity index (χ1n) is 8.77. The molecule has 8 heteroatoms. The van der Waals surface area contributed by atoms with Crippen LogP contribution in [0.15, 0.2) is 30.3 Å². The van der Waals surface area contributed by atoms with Crippen LogP contribution in [0.1, 0.15) is 25.8 Å². The third-order valence-electron chi connectivity index (χ3n) is 4.17. The molecule has 148 valence electrons. The SMILES string of the molecule is CC(C)CN(C(=O)COC(=O)/C=C/c1ccccc1F)[C@H]1CCS(=O)(=O)C1. The third-order valence-corrected chi connectivity index (χ3v) is 5.92. The van der Waals surface area contributed by atoms with Crippen molar-refractivity contribution in [2.24, 2.45) is 5.92 Å². The standard InChI is InChI=1S/C19H24FNO5S/c1-14(2)11-21(16-9-10-27(24,25)13-16)18(22)12-26-19(23)8-7-15-5-3-4-6-17(15)20/h3-8,14,16H,9-13H2,1-2H3/b8-7+/t16-/m0/s1. The molecule has 27 heavy (non-hydrogen) atoms. The second kappa shape index (κ2) is 9.12. The van der Waals surface area contributed by atoms with Gasteiger partial charge < -0.3 is 9.64 Å². The highest BCUT2D eigenvalue weighted by Gasteiger charge is 2.35. The number of rotatable bonds is 7. The maximum absolute atomic E-state index is 13.5. The Labute approximate surface area is 158 Å². The van der Waals surface area contributed by atoms with Crippen LogP contribution in [0.3, 0.4) is 0 Å². The molecule has 0 aliphatic carbocycles. The molecule has 1 aromatic rings. The number of amides is 1. The molecule has 1 aliphatic heterocycles. The lowest BCUT2D eigenvalue weighted by atomic mass is 10.1. The molecule has 2 rings (SSSR count). The van der Waals surface area contributed by atoms with Gasteiger partial charge in [-0.3, -0.25) is 4.79 Å². The van der Waals surface area contributed by atoms with Gasteiger partial charge in [0.15, 0.2) is 16.4 Å². The van der Waals surface area contributed by atoms with E-state index in [1.807, 2.05) is 13.8 Å². The van der Waals surface area contributed by atoms with Crippen molar-refractivity contribution in [3.63, 3.8) is 0 Å². The molecule has 1 heterocycles. The largest absolute Gasteiger partial charge is 0.452 e. The van der Waals surface area contributed by atoms with E-state index in [1.54, 1.807) is 6.07 Å².